The van der Waals surface area contributed by atoms with Gasteiger partial charge in [0, 0.05) is 65.2 Å². The lowest BCUT2D eigenvalue weighted by Gasteiger charge is -2.42. The highest BCUT2D eigenvalue weighted by Crippen LogP contribution is 2.48. The molecule has 2 aliphatic heterocycles. The van der Waals surface area contributed by atoms with Crippen molar-refractivity contribution in [3.05, 3.63) is 229 Å². The molecule has 0 N–H and O–H groups in total. The van der Waals surface area contributed by atoms with Crippen LogP contribution in [0.25, 0.3) is 77.2 Å². The van der Waals surface area contributed by atoms with Gasteiger partial charge in [-0.15, -0.1) is 0 Å². The summed E-state index contributed by atoms with van der Waals surface area (Å²) < 4.78 is 4.85. The van der Waals surface area contributed by atoms with E-state index in [-0.39, 0.29) is 23.0 Å². The molecule has 4 nitrogen and oxygen atoms in total. The third-order valence-corrected chi connectivity index (χ3v) is 18.0. The highest BCUT2D eigenvalue weighted by molar-refractivity contribution is 8.00. The van der Waals surface area contributed by atoms with Crippen LogP contribution in [0.2, 0.25) is 0 Å². The molecule has 2 aromatic heterocycles. The summed E-state index contributed by atoms with van der Waals surface area (Å²) >= 11 is 1.91. The van der Waals surface area contributed by atoms with Gasteiger partial charge in [0.15, 0.2) is 0 Å². The predicted octanol–water partition coefficient (Wildman–Crippen LogP) is 17.7. The first-order valence-corrected chi connectivity index (χ1v) is 28.6. The van der Waals surface area contributed by atoms with Crippen molar-refractivity contribution in [3.63, 3.8) is 0 Å². The molecule has 6 heteroatoms. The van der Waals surface area contributed by atoms with Crippen molar-refractivity contribution in [1.29, 1.82) is 5.26 Å². The van der Waals surface area contributed by atoms with Crippen LogP contribution >= 0.6 is 11.8 Å². The lowest BCUT2D eigenvalue weighted by atomic mass is 9.34. The zero-order valence-electron chi connectivity index (χ0n) is 46.4. The molecule has 0 atom stereocenters. The largest absolute Gasteiger partial charge is 0.311 e. The van der Waals surface area contributed by atoms with E-state index >= 15 is 0 Å². The summed E-state index contributed by atoms with van der Waals surface area (Å²) in [6.45, 7) is 20.8. The van der Waals surface area contributed by atoms with Crippen molar-refractivity contribution in [2.75, 3.05) is 4.90 Å². The van der Waals surface area contributed by atoms with E-state index in [1.54, 1.807) is 0 Å². The minimum absolute atomic E-state index is 0.0105. The van der Waals surface area contributed by atoms with Crippen molar-refractivity contribution in [1.82, 2.24) is 9.13 Å². The van der Waals surface area contributed by atoms with Crippen LogP contribution in [0.4, 0.5) is 17.1 Å². The second-order valence-corrected chi connectivity index (χ2v) is 26.0. The molecule has 14 rings (SSSR count). The second-order valence-electron chi connectivity index (χ2n) is 24.9. The van der Waals surface area contributed by atoms with Crippen molar-refractivity contribution >= 4 is 95.5 Å². The van der Waals surface area contributed by atoms with Gasteiger partial charge in [0.05, 0.1) is 39.4 Å². The Balaban J connectivity index is 1.01. The molecule has 0 fully saturated rings. The van der Waals surface area contributed by atoms with E-state index in [4.69, 9.17) is 0 Å². The van der Waals surface area contributed by atoms with Crippen LogP contribution < -0.4 is 21.3 Å². The summed E-state index contributed by atoms with van der Waals surface area (Å²) in [6.07, 6.45) is 0. The van der Waals surface area contributed by atoms with Crippen LogP contribution in [0.3, 0.4) is 0 Å². The smallest absolute Gasteiger partial charge is 0.249 e. The highest BCUT2D eigenvalue weighted by Gasteiger charge is 2.43. The van der Waals surface area contributed by atoms with Gasteiger partial charge >= 0.3 is 0 Å². The second kappa shape index (κ2) is 17.8. The first-order chi connectivity index (χ1) is 38.0. The van der Waals surface area contributed by atoms with Gasteiger partial charge in [-0.1, -0.05) is 195 Å². The number of anilines is 3. The van der Waals surface area contributed by atoms with Gasteiger partial charge in [0.25, 0.3) is 0 Å². The summed E-state index contributed by atoms with van der Waals surface area (Å²) in [7, 11) is 0. The van der Waals surface area contributed by atoms with Crippen LogP contribution in [-0.4, -0.2) is 15.8 Å². The first kappa shape index (κ1) is 48.8. The van der Waals surface area contributed by atoms with Crippen LogP contribution in [0.5, 0.6) is 0 Å². The Morgan fingerprint density at radius 2 is 0.949 bits per heavy atom. The molecular weight excluding hydrogens is 976 g/mol. The number of para-hydroxylation sites is 3. The fourth-order valence-electron chi connectivity index (χ4n) is 12.7. The molecule has 10 aromatic carbocycles. The molecular formula is C73H61BN4S. The van der Waals surface area contributed by atoms with Crippen LogP contribution in [0.1, 0.15) is 84.6 Å². The summed E-state index contributed by atoms with van der Waals surface area (Å²) in [5, 5.41) is 16.0. The van der Waals surface area contributed by atoms with E-state index in [9.17, 15) is 5.26 Å². The van der Waals surface area contributed by atoms with E-state index in [1.807, 2.05) is 17.8 Å². The van der Waals surface area contributed by atoms with Gasteiger partial charge in [0.2, 0.25) is 6.71 Å². The normalized spacial score (nSPS) is 13.3. The molecule has 0 saturated heterocycles. The summed E-state index contributed by atoms with van der Waals surface area (Å²) in [4.78, 5) is 5.09. The average molecular weight is 1040 g/mol. The van der Waals surface area contributed by atoms with E-state index in [2.05, 4.69) is 283 Å². The number of hydrogen-bond donors (Lipinski definition) is 0. The lowest BCUT2D eigenvalue weighted by Crippen LogP contribution is -2.60. The van der Waals surface area contributed by atoms with Crippen molar-refractivity contribution in [3.8, 4) is 39.7 Å². The summed E-state index contributed by atoms with van der Waals surface area (Å²) in [5.41, 5.74) is 22.8. The monoisotopic (exact) mass is 1040 g/mol. The van der Waals surface area contributed by atoms with Gasteiger partial charge in [-0.2, -0.15) is 5.26 Å². The minimum atomic E-state index is -0.147. The molecule has 79 heavy (non-hydrogen) atoms. The quantitative estimate of drug-likeness (QED) is 0.161. The molecule has 0 saturated carbocycles. The number of aromatic nitrogens is 2. The van der Waals surface area contributed by atoms with Crippen molar-refractivity contribution in [2.24, 2.45) is 0 Å². The number of nitriles is 1. The molecule has 2 aliphatic rings. The van der Waals surface area contributed by atoms with Crippen LogP contribution in [0.15, 0.2) is 216 Å². The Labute approximate surface area is 468 Å². The molecule has 0 amide bonds. The molecule has 0 bridgehead atoms. The third-order valence-electron chi connectivity index (χ3n) is 16.9. The van der Waals surface area contributed by atoms with Crippen LogP contribution in [0, 0.1) is 11.3 Å². The zero-order chi connectivity index (χ0) is 54.3. The van der Waals surface area contributed by atoms with E-state index < -0.39 is 0 Å². The van der Waals surface area contributed by atoms with Gasteiger partial charge in [0.1, 0.15) is 0 Å². The molecule has 4 heterocycles. The molecule has 0 aliphatic carbocycles. The van der Waals surface area contributed by atoms with Gasteiger partial charge in [-0.3, -0.25) is 0 Å². The summed E-state index contributed by atoms with van der Waals surface area (Å²) in [5.74, 6) is 0. The van der Waals surface area contributed by atoms with E-state index in [0.717, 1.165) is 56.0 Å². The maximum Gasteiger partial charge on any atom is 0.249 e. The molecule has 12 aromatic rings. The third kappa shape index (κ3) is 7.80. The molecule has 382 valence electrons. The van der Waals surface area contributed by atoms with Crippen molar-refractivity contribution in [2.45, 2.75) is 88.3 Å². The number of nitrogens with zero attached hydrogens (tertiary/aromatic N) is 4. The van der Waals surface area contributed by atoms with Gasteiger partial charge in [-0.05, 0) is 146 Å². The predicted molar refractivity (Wildman–Crippen MR) is 337 cm³/mol. The molecule has 0 radical (unpaired) electrons. The number of hydrogen-bond acceptors (Lipinski definition) is 3. The Hall–Kier alpha value is -8.50. The number of fused-ring (bicyclic) bond motifs is 10. The number of benzene rings is 10. The minimum Gasteiger partial charge on any atom is -0.311 e. The van der Waals surface area contributed by atoms with E-state index in [0.29, 0.717) is 5.56 Å². The first-order valence-electron chi connectivity index (χ1n) is 27.7. The summed E-state index contributed by atoms with van der Waals surface area (Å²) in [6, 6.07) is 79.3. The van der Waals surface area contributed by atoms with Crippen molar-refractivity contribution < 1.29 is 0 Å². The Morgan fingerprint density at radius 3 is 1.58 bits per heavy atom. The zero-order valence-corrected chi connectivity index (χ0v) is 47.2. The number of rotatable bonds is 5. The van der Waals surface area contributed by atoms with Gasteiger partial charge in [-0.25, -0.2) is 0 Å². The SMILES string of the molecule is CC(C)(C)c1cc2c3c(c1)N(c1ccccc1-c1ccccc1)c1cc(-c4cc(-n5c6ccccc6c6ccccc65)ccc4C#N)ccc1B3c1ccc(-n3c4ccc(C(C)(C)C)cc4c4cc(C(C)(C)C)ccc43)cc1S2. The highest BCUT2D eigenvalue weighted by atomic mass is 32.2. The maximum atomic E-state index is 11.0. The average Bonchev–Trinajstić information content (AvgIpc) is 4.05. The fraction of sp³-hybridized carbons (Fsp3) is 0.164. The van der Waals surface area contributed by atoms with E-state index in [1.165, 1.54) is 81.1 Å². The lowest BCUT2D eigenvalue weighted by molar-refractivity contribution is 0.589. The Kier molecular flexibility index (Phi) is 11.0. The fourth-order valence-corrected chi connectivity index (χ4v) is 13.9. The molecule has 0 unspecified atom stereocenters. The van der Waals surface area contributed by atoms with Crippen LogP contribution in [-0.2, 0) is 16.2 Å². The molecule has 0 spiro atoms. The Bertz CT molecular complexity index is 4420. The standard InChI is InChI=1S/C73H61BN4S/c1-71(2,3)48-29-35-64-57(38-48)58-39-49(72(4,5)6)30-36-65(58)77(64)52-32-34-60-68(43-52)79-69-41-50(73(7,8)9)40-67-70(69)74(60)59-33-28-46(37-66(59)78(67)61-24-16-13-21-53(61)45-19-11-10-12-20-45)56-42-51(31-27-47(56)44-75)76-62-25-17-14-22-54(62)55-23-15-18-26-63(55)76/h10-43H,1-9H3. The maximum absolute atomic E-state index is 11.0. The van der Waals surface area contributed by atoms with Gasteiger partial charge < -0.3 is 14.0 Å². The Morgan fingerprint density at radius 1 is 0.392 bits per heavy atom. The topological polar surface area (TPSA) is 36.9 Å².